The zero-order chi connectivity index (χ0) is 21.2. The van der Waals surface area contributed by atoms with E-state index < -0.39 is 11.6 Å². The fourth-order valence-corrected chi connectivity index (χ4v) is 4.38. The van der Waals surface area contributed by atoms with Crippen LogP contribution in [-0.2, 0) is 14.3 Å². The van der Waals surface area contributed by atoms with Gasteiger partial charge in [-0.3, -0.25) is 14.9 Å². The van der Waals surface area contributed by atoms with Crippen LogP contribution in [0, 0.1) is 0 Å². The highest BCUT2D eigenvalue weighted by atomic mass is 79.9. The highest BCUT2D eigenvalue weighted by molar-refractivity contribution is 9.10. The zero-order valence-corrected chi connectivity index (χ0v) is 18.7. The summed E-state index contributed by atoms with van der Waals surface area (Å²) in [5.41, 5.74) is 1.55. The fourth-order valence-electron chi connectivity index (χ4n) is 3.68. The smallest absolute Gasteiger partial charge is 0.410 e. The lowest BCUT2D eigenvalue weighted by Gasteiger charge is -2.34. The average Bonchev–Trinajstić information content (AvgIpc) is 2.63. The predicted molar refractivity (Wildman–Crippen MR) is 114 cm³/mol. The lowest BCUT2D eigenvalue weighted by molar-refractivity contribution is -0.133. The van der Waals surface area contributed by atoms with E-state index in [0.717, 1.165) is 23.0 Å². The van der Waals surface area contributed by atoms with Gasteiger partial charge in [0.2, 0.25) is 11.8 Å². The minimum absolute atomic E-state index is 0.220. The molecule has 2 aliphatic rings. The number of carbonyl (C=O) groups is 3. The van der Waals surface area contributed by atoms with Crippen LogP contribution in [0.2, 0.25) is 0 Å². The van der Waals surface area contributed by atoms with E-state index in [1.165, 1.54) is 5.56 Å². The zero-order valence-electron chi connectivity index (χ0n) is 17.1. The van der Waals surface area contributed by atoms with Gasteiger partial charge in [-0.15, -0.1) is 0 Å². The normalized spacial score (nSPS) is 21.0. The van der Waals surface area contributed by atoms with Crippen LogP contribution in [0.1, 0.15) is 57.9 Å². The van der Waals surface area contributed by atoms with Gasteiger partial charge in [-0.2, -0.15) is 0 Å². The molecule has 0 aromatic heterocycles. The van der Waals surface area contributed by atoms with E-state index in [-0.39, 0.29) is 17.9 Å². The summed E-state index contributed by atoms with van der Waals surface area (Å²) >= 11 is 3.66. The number of benzene rings is 1. The van der Waals surface area contributed by atoms with Crippen molar-refractivity contribution in [1.82, 2.24) is 10.2 Å². The number of carbonyl (C=O) groups excluding carboxylic acids is 3. The Balaban J connectivity index is 1.58. The van der Waals surface area contributed by atoms with E-state index in [1.54, 1.807) is 4.90 Å². The summed E-state index contributed by atoms with van der Waals surface area (Å²) in [5.74, 6) is -0.147. The Hall–Kier alpha value is -2.09. The summed E-state index contributed by atoms with van der Waals surface area (Å²) in [4.78, 5) is 37.2. The number of imide groups is 1. The van der Waals surface area contributed by atoms with Crippen LogP contribution in [0.5, 0.6) is 0 Å². The van der Waals surface area contributed by atoms with Crippen molar-refractivity contribution in [2.24, 2.45) is 0 Å². The first kappa shape index (κ1) is 21.6. The first-order valence-electron chi connectivity index (χ1n) is 10.00. The van der Waals surface area contributed by atoms with Crippen molar-refractivity contribution >= 4 is 39.5 Å². The van der Waals surface area contributed by atoms with Crippen molar-refractivity contribution in [1.29, 1.82) is 0 Å². The van der Waals surface area contributed by atoms with Gasteiger partial charge in [-0.25, -0.2) is 4.79 Å². The number of amides is 3. The van der Waals surface area contributed by atoms with Crippen LogP contribution in [0.4, 0.5) is 10.5 Å². The van der Waals surface area contributed by atoms with E-state index in [9.17, 15) is 14.4 Å². The summed E-state index contributed by atoms with van der Waals surface area (Å²) in [7, 11) is 0. The Bertz CT molecular complexity index is 798. The Morgan fingerprint density at radius 3 is 2.48 bits per heavy atom. The molecule has 2 saturated heterocycles. The van der Waals surface area contributed by atoms with Crippen molar-refractivity contribution < 1.29 is 19.1 Å². The van der Waals surface area contributed by atoms with E-state index in [0.29, 0.717) is 31.8 Å². The van der Waals surface area contributed by atoms with Crippen LogP contribution in [-0.4, -0.2) is 47.5 Å². The number of piperidine rings is 2. The van der Waals surface area contributed by atoms with Crippen molar-refractivity contribution in [3.8, 4) is 0 Å². The van der Waals surface area contributed by atoms with Crippen molar-refractivity contribution in [2.75, 3.05) is 18.4 Å². The molecule has 158 valence electrons. The highest BCUT2D eigenvalue weighted by Gasteiger charge is 2.29. The van der Waals surface area contributed by atoms with Crippen LogP contribution in [0.3, 0.4) is 0 Å². The van der Waals surface area contributed by atoms with Crippen LogP contribution >= 0.6 is 15.9 Å². The molecule has 7 nitrogen and oxygen atoms in total. The molecule has 0 radical (unpaired) electrons. The molecular weight excluding hydrogens is 438 g/mol. The maximum absolute atomic E-state index is 12.2. The van der Waals surface area contributed by atoms with Crippen LogP contribution in [0.25, 0.3) is 0 Å². The molecule has 1 unspecified atom stereocenters. The van der Waals surface area contributed by atoms with Gasteiger partial charge < -0.3 is 15.0 Å². The van der Waals surface area contributed by atoms with Gasteiger partial charge in [0, 0.05) is 29.7 Å². The van der Waals surface area contributed by atoms with Gasteiger partial charge in [0.1, 0.15) is 11.6 Å². The molecule has 1 aromatic carbocycles. The number of rotatable bonds is 3. The maximum Gasteiger partial charge on any atom is 0.410 e. The van der Waals surface area contributed by atoms with Crippen molar-refractivity contribution in [3.05, 3.63) is 28.2 Å². The van der Waals surface area contributed by atoms with Gasteiger partial charge in [-0.1, -0.05) is 22.0 Å². The number of nitrogens with one attached hydrogen (secondary N) is 2. The fraction of sp³-hybridized carbons (Fsp3) is 0.571. The number of ether oxygens (including phenoxy) is 1. The second-order valence-electron chi connectivity index (χ2n) is 8.63. The third kappa shape index (κ3) is 5.72. The summed E-state index contributed by atoms with van der Waals surface area (Å²) in [6.07, 6.45) is 2.33. The summed E-state index contributed by atoms with van der Waals surface area (Å²) in [6.45, 7) is 6.96. The standard InChI is InChI=1S/C21H28BrN3O4/c1-21(2,3)29-20(28)25-10-8-13(9-11-25)15-5-4-14(12-16(15)22)23-17-6-7-18(26)24-19(17)27/h4-5,12-13,17,23H,6-11H2,1-3H3,(H,24,26,27). The van der Waals surface area contributed by atoms with Crippen LogP contribution < -0.4 is 10.6 Å². The molecule has 0 saturated carbocycles. The molecule has 2 N–H and O–H groups in total. The third-order valence-electron chi connectivity index (χ3n) is 5.17. The van der Waals surface area contributed by atoms with Gasteiger partial charge >= 0.3 is 6.09 Å². The topological polar surface area (TPSA) is 87.7 Å². The molecule has 2 aliphatic heterocycles. The molecule has 1 aromatic rings. The Kier molecular flexibility index (Phi) is 6.51. The minimum atomic E-state index is -0.484. The molecule has 0 aliphatic carbocycles. The van der Waals surface area contributed by atoms with Crippen LogP contribution in [0.15, 0.2) is 22.7 Å². The minimum Gasteiger partial charge on any atom is -0.444 e. The molecule has 29 heavy (non-hydrogen) atoms. The third-order valence-corrected chi connectivity index (χ3v) is 5.85. The monoisotopic (exact) mass is 465 g/mol. The Labute approximate surface area is 179 Å². The molecule has 3 amide bonds. The molecule has 0 bridgehead atoms. The molecule has 3 rings (SSSR count). The van der Waals surface area contributed by atoms with E-state index in [2.05, 4.69) is 32.6 Å². The Morgan fingerprint density at radius 2 is 1.90 bits per heavy atom. The lowest BCUT2D eigenvalue weighted by atomic mass is 9.89. The number of hydrogen-bond acceptors (Lipinski definition) is 5. The van der Waals surface area contributed by atoms with Crippen molar-refractivity contribution in [3.63, 3.8) is 0 Å². The van der Waals surface area contributed by atoms with Crippen molar-refractivity contribution in [2.45, 2.75) is 64.0 Å². The number of hydrogen-bond donors (Lipinski definition) is 2. The summed E-state index contributed by atoms with van der Waals surface area (Å²) in [5, 5.41) is 5.56. The number of nitrogens with zero attached hydrogens (tertiary/aromatic N) is 1. The number of anilines is 1. The molecular formula is C21H28BrN3O4. The van der Waals surface area contributed by atoms with E-state index in [1.807, 2.05) is 32.9 Å². The predicted octanol–water partition coefficient (Wildman–Crippen LogP) is 3.78. The van der Waals surface area contributed by atoms with Gasteiger partial charge in [0.05, 0.1) is 0 Å². The van der Waals surface area contributed by atoms with E-state index in [4.69, 9.17) is 4.74 Å². The molecule has 2 fully saturated rings. The van der Waals surface area contributed by atoms with Gasteiger partial charge in [0.25, 0.3) is 0 Å². The maximum atomic E-state index is 12.2. The van der Waals surface area contributed by atoms with E-state index >= 15 is 0 Å². The number of likely N-dealkylation sites (tertiary alicyclic amines) is 1. The second-order valence-corrected chi connectivity index (χ2v) is 9.48. The number of halogens is 1. The first-order valence-corrected chi connectivity index (χ1v) is 10.8. The second kappa shape index (κ2) is 8.73. The lowest BCUT2D eigenvalue weighted by Crippen LogP contribution is -2.47. The molecule has 2 heterocycles. The van der Waals surface area contributed by atoms with Gasteiger partial charge in [-0.05, 0) is 63.6 Å². The largest absolute Gasteiger partial charge is 0.444 e. The summed E-state index contributed by atoms with van der Waals surface area (Å²) < 4.78 is 6.44. The SMILES string of the molecule is CC(C)(C)OC(=O)N1CCC(c2ccc(NC3CCC(=O)NC3=O)cc2Br)CC1. The molecule has 0 spiro atoms. The molecule has 1 atom stereocenters. The van der Waals surface area contributed by atoms with Gasteiger partial charge in [0.15, 0.2) is 0 Å². The highest BCUT2D eigenvalue weighted by Crippen LogP contribution is 2.35. The first-order chi connectivity index (χ1) is 13.6. The Morgan fingerprint density at radius 1 is 1.21 bits per heavy atom. The summed E-state index contributed by atoms with van der Waals surface area (Å²) in [6, 6.07) is 5.60. The average molecular weight is 466 g/mol. The quantitative estimate of drug-likeness (QED) is 0.663. The molecule has 8 heteroatoms.